The van der Waals surface area contributed by atoms with E-state index in [9.17, 15) is 14.7 Å². The lowest BCUT2D eigenvalue weighted by molar-refractivity contribution is -0.147. The van der Waals surface area contributed by atoms with Gasteiger partial charge in [0.25, 0.3) is 0 Å². The summed E-state index contributed by atoms with van der Waals surface area (Å²) >= 11 is 11.7. The number of nitrogens with zero attached hydrogens (tertiary/aromatic N) is 1. The highest BCUT2D eigenvalue weighted by atomic mass is 35.5. The molecule has 1 rings (SSSR count). The highest BCUT2D eigenvalue weighted by molar-refractivity contribution is 6.42. The molecule has 0 saturated carbocycles. The lowest BCUT2D eigenvalue weighted by Crippen LogP contribution is -2.46. The van der Waals surface area contributed by atoms with E-state index in [2.05, 4.69) is 15.3 Å². The Morgan fingerprint density at radius 2 is 1.96 bits per heavy atom. The van der Waals surface area contributed by atoms with Gasteiger partial charge in [-0.3, -0.25) is 0 Å². The number of aliphatic hydroxyl groups is 1. The fourth-order valence-corrected chi connectivity index (χ4v) is 2.01. The number of ether oxygens (including phenoxy) is 1. The van der Waals surface area contributed by atoms with Crippen molar-refractivity contribution in [1.82, 2.24) is 5.32 Å². The van der Waals surface area contributed by atoms with E-state index in [-0.39, 0.29) is 12.3 Å². The van der Waals surface area contributed by atoms with Crippen molar-refractivity contribution < 1.29 is 24.3 Å². The zero-order chi connectivity index (χ0) is 19.9. The number of carbonyl (C=O) groups excluding carboxylic acids is 2. The maximum atomic E-state index is 11.9. The van der Waals surface area contributed by atoms with Gasteiger partial charge in [0.2, 0.25) is 0 Å². The van der Waals surface area contributed by atoms with Gasteiger partial charge in [-0.25, -0.2) is 9.59 Å². The fraction of sp³-hybridized carbons (Fsp3) is 0.438. The third-order valence-corrected chi connectivity index (χ3v) is 3.52. The van der Waals surface area contributed by atoms with Crippen molar-refractivity contribution in [3.63, 3.8) is 0 Å². The molecule has 0 radical (unpaired) electrons. The number of alkyl carbamates (subject to hydrolysis) is 1. The summed E-state index contributed by atoms with van der Waals surface area (Å²) in [5.41, 5.74) is 5.65. The minimum atomic E-state index is -1.34. The molecule has 0 aliphatic rings. The molecular formula is C16H21Cl2N3O5. The van der Waals surface area contributed by atoms with E-state index in [1.807, 2.05) is 0 Å². The Morgan fingerprint density at radius 3 is 2.50 bits per heavy atom. The number of hydrogen-bond donors (Lipinski definition) is 3. The number of nitrogens with one attached hydrogen (secondary N) is 1. The summed E-state index contributed by atoms with van der Waals surface area (Å²) in [6.45, 7) is 4.28. The van der Waals surface area contributed by atoms with Crippen LogP contribution in [0.4, 0.5) is 4.79 Å². The smallest absolute Gasteiger partial charge is 0.408 e. The largest absolute Gasteiger partial charge is 0.444 e. The highest BCUT2D eigenvalue weighted by Crippen LogP contribution is 2.22. The van der Waals surface area contributed by atoms with Crippen molar-refractivity contribution in [1.29, 1.82) is 0 Å². The molecule has 26 heavy (non-hydrogen) atoms. The summed E-state index contributed by atoms with van der Waals surface area (Å²) in [6, 6.07) is 3.56. The average molecular weight is 406 g/mol. The van der Waals surface area contributed by atoms with Crippen LogP contribution < -0.4 is 11.1 Å². The van der Waals surface area contributed by atoms with Crippen LogP contribution >= 0.6 is 23.2 Å². The molecule has 4 N–H and O–H groups in total. The normalized spacial score (nSPS) is 13.1. The lowest BCUT2D eigenvalue weighted by Gasteiger charge is -2.21. The number of hydrogen-bond acceptors (Lipinski definition) is 6. The second kappa shape index (κ2) is 9.61. The van der Waals surface area contributed by atoms with Gasteiger partial charge < -0.3 is 25.7 Å². The molecular weight excluding hydrogens is 385 g/mol. The van der Waals surface area contributed by atoms with Crippen LogP contribution in [0.5, 0.6) is 0 Å². The number of halogens is 2. The van der Waals surface area contributed by atoms with Crippen LogP contribution in [0.1, 0.15) is 26.3 Å². The zero-order valence-corrected chi connectivity index (χ0v) is 16.1. The summed E-state index contributed by atoms with van der Waals surface area (Å²) in [5.74, 6) is -0.999. The van der Waals surface area contributed by atoms with Crippen LogP contribution in [0.3, 0.4) is 0 Å². The van der Waals surface area contributed by atoms with Crippen molar-refractivity contribution in [2.24, 2.45) is 10.9 Å². The van der Waals surface area contributed by atoms with E-state index in [0.29, 0.717) is 15.6 Å². The molecule has 0 unspecified atom stereocenters. The molecule has 8 nitrogen and oxygen atoms in total. The Bertz CT molecular complexity index is 689. The van der Waals surface area contributed by atoms with E-state index >= 15 is 0 Å². The number of aliphatic hydroxyl groups excluding tert-OH is 1. The summed E-state index contributed by atoms with van der Waals surface area (Å²) < 4.78 is 4.99. The summed E-state index contributed by atoms with van der Waals surface area (Å²) in [6.07, 6.45) is -0.714. The second-order valence-corrected chi connectivity index (χ2v) is 7.11. The molecule has 1 atom stereocenters. The zero-order valence-electron chi connectivity index (χ0n) is 14.6. The Labute approximate surface area is 161 Å². The number of nitrogens with two attached hydrogens (primary N) is 1. The molecule has 0 aliphatic carbocycles. The first-order chi connectivity index (χ1) is 12.0. The average Bonchev–Trinajstić information content (AvgIpc) is 2.52. The molecule has 0 fully saturated rings. The van der Waals surface area contributed by atoms with E-state index in [1.165, 1.54) is 0 Å². The molecule has 0 heterocycles. The molecule has 10 heteroatoms. The standard InChI is InChI=1S/C16H21Cl2N3O5/c1-16(2,3)25-15(24)20-12(8-22)14(23)26-21-13(19)7-9-4-5-10(17)11(18)6-9/h4-6,12,22H,7-8H2,1-3H3,(H2,19,21)(H,20,24)/t12-/m0/s1. The highest BCUT2D eigenvalue weighted by Gasteiger charge is 2.25. The lowest BCUT2D eigenvalue weighted by atomic mass is 10.1. The van der Waals surface area contributed by atoms with E-state index < -0.39 is 30.3 Å². The predicted octanol–water partition coefficient (Wildman–Crippen LogP) is 2.24. The molecule has 1 amide bonds. The third-order valence-electron chi connectivity index (χ3n) is 2.78. The van der Waals surface area contributed by atoms with Gasteiger partial charge >= 0.3 is 12.1 Å². The van der Waals surface area contributed by atoms with Crippen molar-refractivity contribution in [2.75, 3.05) is 6.61 Å². The maximum absolute atomic E-state index is 11.9. The SMILES string of the molecule is CC(C)(C)OC(=O)N[C@@H](CO)C(=O)O/N=C(\N)Cc1ccc(Cl)c(Cl)c1. The monoisotopic (exact) mass is 405 g/mol. The van der Waals surface area contributed by atoms with Gasteiger partial charge in [-0.1, -0.05) is 34.4 Å². The molecule has 0 aromatic heterocycles. The Hall–Kier alpha value is -2.03. The van der Waals surface area contributed by atoms with Gasteiger partial charge in [0, 0.05) is 6.42 Å². The first kappa shape index (κ1) is 22.0. The topological polar surface area (TPSA) is 123 Å². The number of amides is 1. The Kier molecular flexibility index (Phi) is 8.13. The molecule has 144 valence electrons. The van der Waals surface area contributed by atoms with Crippen LogP contribution in [0.15, 0.2) is 23.4 Å². The quantitative estimate of drug-likeness (QED) is 0.288. The first-order valence-corrected chi connectivity index (χ1v) is 8.35. The molecule has 0 saturated heterocycles. The van der Waals surface area contributed by atoms with Crippen molar-refractivity contribution >= 4 is 41.1 Å². The number of carbonyl (C=O) groups is 2. The molecule has 0 aliphatic heterocycles. The summed E-state index contributed by atoms with van der Waals surface area (Å²) in [5, 5.41) is 15.6. The minimum Gasteiger partial charge on any atom is -0.444 e. The van der Waals surface area contributed by atoms with Crippen molar-refractivity contribution in [2.45, 2.75) is 38.8 Å². The Morgan fingerprint density at radius 1 is 1.31 bits per heavy atom. The van der Waals surface area contributed by atoms with Crippen molar-refractivity contribution in [3.05, 3.63) is 33.8 Å². The van der Waals surface area contributed by atoms with Gasteiger partial charge in [0.1, 0.15) is 11.4 Å². The first-order valence-electron chi connectivity index (χ1n) is 7.59. The van der Waals surface area contributed by atoms with Crippen LogP contribution in [0, 0.1) is 0 Å². The number of benzene rings is 1. The van der Waals surface area contributed by atoms with Gasteiger partial charge in [-0.05, 0) is 38.5 Å². The Balaban J connectivity index is 2.61. The second-order valence-electron chi connectivity index (χ2n) is 6.30. The van der Waals surface area contributed by atoms with Gasteiger partial charge in [-0.15, -0.1) is 0 Å². The number of rotatable bonds is 6. The van der Waals surface area contributed by atoms with Crippen LogP contribution in [-0.4, -0.2) is 41.3 Å². The minimum absolute atomic E-state index is 0.00861. The number of oxime groups is 1. The number of amidine groups is 1. The maximum Gasteiger partial charge on any atom is 0.408 e. The van der Waals surface area contributed by atoms with Crippen LogP contribution in [0.2, 0.25) is 10.0 Å². The van der Waals surface area contributed by atoms with Crippen molar-refractivity contribution in [3.8, 4) is 0 Å². The van der Waals surface area contributed by atoms with Crippen LogP contribution in [-0.2, 0) is 20.8 Å². The summed E-state index contributed by atoms with van der Waals surface area (Å²) in [4.78, 5) is 28.2. The van der Waals surface area contributed by atoms with Gasteiger partial charge in [0.05, 0.1) is 16.7 Å². The van der Waals surface area contributed by atoms with E-state index in [0.717, 1.165) is 0 Å². The third kappa shape index (κ3) is 7.90. The summed E-state index contributed by atoms with van der Waals surface area (Å²) in [7, 11) is 0. The predicted molar refractivity (Wildman–Crippen MR) is 98.1 cm³/mol. The fourth-order valence-electron chi connectivity index (χ4n) is 1.69. The van der Waals surface area contributed by atoms with E-state index in [4.69, 9.17) is 33.7 Å². The molecule has 0 bridgehead atoms. The van der Waals surface area contributed by atoms with E-state index in [1.54, 1.807) is 39.0 Å². The van der Waals surface area contributed by atoms with Gasteiger partial charge in [0.15, 0.2) is 6.04 Å². The van der Waals surface area contributed by atoms with Gasteiger partial charge in [-0.2, -0.15) is 0 Å². The van der Waals surface area contributed by atoms with Crippen LogP contribution in [0.25, 0.3) is 0 Å². The molecule has 0 spiro atoms. The molecule has 1 aromatic rings. The molecule has 1 aromatic carbocycles.